The largest absolute Gasteiger partial charge is 0.368 e. The second-order valence-corrected chi connectivity index (χ2v) is 3.15. The van der Waals surface area contributed by atoms with E-state index in [-0.39, 0.29) is 6.03 Å². The Morgan fingerprint density at radius 3 is 2.87 bits per heavy atom. The lowest BCUT2D eigenvalue weighted by Crippen LogP contribution is -2.37. The molecular formula is C9H15N5O. The molecule has 1 aromatic rings. The Bertz CT molecular complexity index is 301. The number of hydrogen-bond donors (Lipinski definition) is 2. The zero-order valence-corrected chi connectivity index (χ0v) is 8.90. The summed E-state index contributed by atoms with van der Waals surface area (Å²) in [7, 11) is 3.40. The first-order valence-corrected chi connectivity index (χ1v) is 4.65. The van der Waals surface area contributed by atoms with Crippen molar-refractivity contribution in [3.8, 4) is 0 Å². The number of carbonyl (C=O) groups excluding carboxylic acids is 1. The van der Waals surface area contributed by atoms with Crippen LogP contribution in [0.15, 0.2) is 18.6 Å². The highest BCUT2D eigenvalue weighted by Gasteiger charge is 2.00. The molecule has 0 aromatic carbocycles. The van der Waals surface area contributed by atoms with Gasteiger partial charge in [0.1, 0.15) is 12.1 Å². The van der Waals surface area contributed by atoms with Gasteiger partial charge in [-0.1, -0.05) is 0 Å². The van der Waals surface area contributed by atoms with Crippen LogP contribution in [0, 0.1) is 0 Å². The number of nitrogens with zero attached hydrogens (tertiary/aromatic N) is 3. The lowest BCUT2D eigenvalue weighted by Gasteiger charge is -2.12. The van der Waals surface area contributed by atoms with E-state index in [1.54, 1.807) is 26.4 Å². The summed E-state index contributed by atoms with van der Waals surface area (Å²) in [6.07, 6.45) is 3.13. The first-order valence-electron chi connectivity index (χ1n) is 4.65. The number of nitrogens with one attached hydrogen (secondary N) is 2. The highest BCUT2D eigenvalue weighted by Crippen LogP contribution is 1.95. The van der Waals surface area contributed by atoms with Crippen molar-refractivity contribution in [1.82, 2.24) is 20.2 Å². The molecule has 0 saturated carbocycles. The smallest absolute Gasteiger partial charge is 0.316 e. The number of rotatable bonds is 4. The highest BCUT2D eigenvalue weighted by atomic mass is 16.2. The number of anilines is 1. The van der Waals surface area contributed by atoms with Crippen molar-refractivity contribution >= 4 is 11.8 Å². The van der Waals surface area contributed by atoms with Gasteiger partial charge in [-0.25, -0.2) is 14.8 Å². The summed E-state index contributed by atoms with van der Waals surface area (Å²) in [6, 6.07) is 1.67. The van der Waals surface area contributed by atoms with Crippen molar-refractivity contribution in [1.29, 1.82) is 0 Å². The summed E-state index contributed by atoms with van der Waals surface area (Å²) in [5.41, 5.74) is 0. The summed E-state index contributed by atoms with van der Waals surface area (Å²) in [5.74, 6) is 0.754. The van der Waals surface area contributed by atoms with Crippen LogP contribution in [-0.2, 0) is 0 Å². The van der Waals surface area contributed by atoms with E-state index in [9.17, 15) is 4.79 Å². The van der Waals surface area contributed by atoms with Gasteiger partial charge in [0.25, 0.3) is 0 Å². The first kappa shape index (κ1) is 11.2. The average Bonchev–Trinajstić information content (AvgIpc) is 2.25. The second kappa shape index (κ2) is 5.79. The van der Waals surface area contributed by atoms with E-state index >= 15 is 0 Å². The van der Waals surface area contributed by atoms with Crippen LogP contribution in [0.25, 0.3) is 0 Å². The second-order valence-electron chi connectivity index (χ2n) is 3.15. The number of aromatic nitrogens is 2. The molecule has 15 heavy (non-hydrogen) atoms. The molecular weight excluding hydrogens is 194 g/mol. The van der Waals surface area contributed by atoms with Gasteiger partial charge in [-0.05, 0) is 6.07 Å². The van der Waals surface area contributed by atoms with Crippen molar-refractivity contribution in [2.24, 2.45) is 0 Å². The number of hydrogen-bond acceptors (Lipinski definition) is 4. The third-order valence-electron chi connectivity index (χ3n) is 1.70. The van der Waals surface area contributed by atoms with Crippen molar-refractivity contribution in [3.63, 3.8) is 0 Å². The summed E-state index contributed by atoms with van der Waals surface area (Å²) >= 11 is 0. The quantitative estimate of drug-likeness (QED) is 0.693. The molecule has 2 amide bonds. The molecule has 0 radical (unpaired) electrons. The lowest BCUT2D eigenvalue weighted by molar-refractivity contribution is 0.218. The predicted molar refractivity (Wildman–Crippen MR) is 57.6 cm³/mol. The monoisotopic (exact) mass is 209 g/mol. The van der Waals surface area contributed by atoms with E-state index in [0.29, 0.717) is 13.1 Å². The Balaban J connectivity index is 2.15. The molecule has 6 nitrogen and oxygen atoms in total. The number of carbonyl (C=O) groups is 1. The highest BCUT2D eigenvalue weighted by molar-refractivity contribution is 5.73. The van der Waals surface area contributed by atoms with Crippen LogP contribution in [0.1, 0.15) is 0 Å². The fourth-order valence-electron chi connectivity index (χ4n) is 0.913. The maximum atomic E-state index is 11.1. The van der Waals surface area contributed by atoms with Gasteiger partial charge in [0, 0.05) is 33.4 Å². The van der Waals surface area contributed by atoms with Crippen LogP contribution >= 0.6 is 0 Å². The van der Waals surface area contributed by atoms with Crippen LogP contribution in [0.4, 0.5) is 10.6 Å². The maximum absolute atomic E-state index is 11.1. The minimum absolute atomic E-state index is 0.0977. The Morgan fingerprint density at radius 1 is 1.47 bits per heavy atom. The summed E-state index contributed by atoms with van der Waals surface area (Å²) in [5, 5.41) is 5.79. The first-order chi connectivity index (χ1) is 7.20. The van der Waals surface area contributed by atoms with Crippen LogP contribution in [-0.4, -0.2) is 48.1 Å². The molecule has 0 bridgehead atoms. The molecule has 0 saturated heterocycles. The molecule has 0 atom stereocenters. The fourth-order valence-corrected chi connectivity index (χ4v) is 0.913. The summed E-state index contributed by atoms with van der Waals surface area (Å²) in [4.78, 5) is 20.4. The molecule has 0 fully saturated rings. The zero-order valence-electron chi connectivity index (χ0n) is 8.90. The topological polar surface area (TPSA) is 70.2 Å². The standard InChI is InChI=1S/C9H15N5O/c1-14(2)9(15)12-6-5-11-8-3-4-10-7-13-8/h3-4,7H,5-6H2,1-2H3,(H,12,15)(H,10,11,13). The molecule has 6 heteroatoms. The van der Waals surface area contributed by atoms with Crippen LogP contribution in [0.2, 0.25) is 0 Å². The van der Waals surface area contributed by atoms with Gasteiger partial charge in [0.05, 0.1) is 0 Å². The van der Waals surface area contributed by atoms with E-state index in [1.165, 1.54) is 11.2 Å². The van der Waals surface area contributed by atoms with Gasteiger partial charge in [-0.15, -0.1) is 0 Å². The molecule has 0 spiro atoms. The fraction of sp³-hybridized carbons (Fsp3) is 0.444. The number of urea groups is 1. The molecule has 0 aliphatic heterocycles. The molecule has 0 aliphatic rings. The van der Waals surface area contributed by atoms with Crippen molar-refractivity contribution < 1.29 is 4.79 Å². The predicted octanol–water partition coefficient (Wildman–Crippen LogP) is 0.160. The van der Waals surface area contributed by atoms with Gasteiger partial charge in [-0.3, -0.25) is 0 Å². The van der Waals surface area contributed by atoms with Crippen molar-refractivity contribution in [3.05, 3.63) is 18.6 Å². The Kier molecular flexibility index (Phi) is 4.33. The maximum Gasteiger partial charge on any atom is 0.316 e. The minimum Gasteiger partial charge on any atom is -0.368 e. The van der Waals surface area contributed by atoms with Crippen LogP contribution in [0.3, 0.4) is 0 Å². The van der Waals surface area contributed by atoms with E-state index in [1.807, 2.05) is 0 Å². The lowest BCUT2D eigenvalue weighted by atomic mass is 10.5. The van der Waals surface area contributed by atoms with Gasteiger partial charge < -0.3 is 15.5 Å². The van der Waals surface area contributed by atoms with Gasteiger partial charge >= 0.3 is 6.03 Å². The molecule has 0 aliphatic carbocycles. The normalized spacial score (nSPS) is 9.47. The molecule has 2 N–H and O–H groups in total. The number of amides is 2. The Hall–Kier alpha value is -1.85. The molecule has 1 rings (SSSR count). The van der Waals surface area contributed by atoms with E-state index in [0.717, 1.165) is 5.82 Å². The van der Waals surface area contributed by atoms with Gasteiger partial charge in [0.2, 0.25) is 0 Å². The van der Waals surface area contributed by atoms with E-state index in [2.05, 4.69) is 20.6 Å². The molecule has 1 aromatic heterocycles. The van der Waals surface area contributed by atoms with Crippen LogP contribution < -0.4 is 10.6 Å². The minimum atomic E-state index is -0.0977. The van der Waals surface area contributed by atoms with Crippen molar-refractivity contribution in [2.75, 3.05) is 32.5 Å². The van der Waals surface area contributed by atoms with Gasteiger partial charge in [0.15, 0.2) is 0 Å². The van der Waals surface area contributed by atoms with Gasteiger partial charge in [-0.2, -0.15) is 0 Å². The van der Waals surface area contributed by atoms with Crippen molar-refractivity contribution in [2.45, 2.75) is 0 Å². The molecule has 0 unspecified atom stereocenters. The Labute approximate surface area is 88.7 Å². The van der Waals surface area contributed by atoms with E-state index < -0.39 is 0 Å². The third kappa shape index (κ3) is 4.26. The Morgan fingerprint density at radius 2 is 2.27 bits per heavy atom. The third-order valence-corrected chi connectivity index (χ3v) is 1.70. The van der Waals surface area contributed by atoms with Crippen LogP contribution in [0.5, 0.6) is 0 Å². The summed E-state index contributed by atoms with van der Waals surface area (Å²) < 4.78 is 0. The SMILES string of the molecule is CN(C)C(=O)NCCNc1ccncn1. The average molecular weight is 209 g/mol. The zero-order chi connectivity index (χ0) is 11.1. The van der Waals surface area contributed by atoms with E-state index in [4.69, 9.17) is 0 Å². The summed E-state index contributed by atoms with van der Waals surface area (Å²) in [6.45, 7) is 1.19. The molecule has 82 valence electrons. The molecule has 1 heterocycles.